The van der Waals surface area contributed by atoms with Crippen molar-refractivity contribution in [1.29, 1.82) is 0 Å². The van der Waals surface area contributed by atoms with Crippen LogP contribution in [0.4, 0.5) is 5.69 Å². The first-order valence-electron chi connectivity index (χ1n) is 8.51. The number of anilines is 1. The zero-order chi connectivity index (χ0) is 16.1. The smallest absolute Gasteiger partial charge is 0.0553 e. The summed E-state index contributed by atoms with van der Waals surface area (Å²) in [6.45, 7) is 0. The van der Waals surface area contributed by atoms with Gasteiger partial charge in [0.1, 0.15) is 0 Å². The predicted octanol–water partition coefficient (Wildman–Crippen LogP) is 6.43. The van der Waals surface area contributed by atoms with Crippen molar-refractivity contribution in [3.8, 4) is 0 Å². The summed E-state index contributed by atoms with van der Waals surface area (Å²) in [5, 5.41) is 6.56. The van der Waals surface area contributed by atoms with Crippen molar-refractivity contribution in [2.45, 2.75) is 18.4 Å². The summed E-state index contributed by atoms with van der Waals surface area (Å²) in [6.07, 6.45) is 5.92. The molecule has 1 N–H and O–H groups in total. The normalized spacial score (nSPS) is 24.5. The monoisotopic (exact) mass is 375 g/mol. The lowest BCUT2D eigenvalue weighted by Gasteiger charge is -2.38. The standard InChI is InChI=1S/C22H18BrN/c23-16-11-8-15(9-12-16)22-19-7-3-6-18(19)21-17-5-2-1-4-14(17)10-13-20(21)24-22/h1-6,8-13,18-19,22,24H,7H2/t18-,19+,22-/m0/s1. The Morgan fingerprint density at radius 1 is 0.917 bits per heavy atom. The largest absolute Gasteiger partial charge is 0.378 e. The molecule has 0 fully saturated rings. The van der Waals surface area contributed by atoms with E-state index in [0.29, 0.717) is 17.9 Å². The van der Waals surface area contributed by atoms with Crippen LogP contribution in [0.15, 0.2) is 77.3 Å². The number of nitrogens with one attached hydrogen (secondary N) is 1. The SMILES string of the molecule is Brc1ccc([C@@H]2Nc3ccc4ccccc4c3[C@H]3C=CC[C@H]32)cc1. The quantitative estimate of drug-likeness (QED) is 0.483. The molecule has 0 saturated heterocycles. The molecule has 3 aromatic carbocycles. The second-order valence-electron chi connectivity index (χ2n) is 6.77. The molecule has 0 unspecified atom stereocenters. The van der Waals surface area contributed by atoms with Crippen LogP contribution in [0.1, 0.15) is 29.5 Å². The summed E-state index contributed by atoms with van der Waals surface area (Å²) in [7, 11) is 0. The number of benzene rings is 3. The van der Waals surface area contributed by atoms with Gasteiger partial charge in [0.25, 0.3) is 0 Å². The maximum atomic E-state index is 3.84. The van der Waals surface area contributed by atoms with Gasteiger partial charge < -0.3 is 5.32 Å². The van der Waals surface area contributed by atoms with E-state index in [1.807, 2.05) is 0 Å². The van der Waals surface area contributed by atoms with E-state index in [-0.39, 0.29) is 0 Å². The van der Waals surface area contributed by atoms with E-state index in [1.165, 1.54) is 27.6 Å². The average molecular weight is 376 g/mol. The Labute approximate surface area is 150 Å². The van der Waals surface area contributed by atoms with Crippen LogP contribution >= 0.6 is 15.9 Å². The molecule has 24 heavy (non-hydrogen) atoms. The summed E-state index contributed by atoms with van der Waals surface area (Å²) >= 11 is 3.55. The minimum Gasteiger partial charge on any atom is -0.378 e. The summed E-state index contributed by atoms with van der Waals surface area (Å²) in [6, 6.07) is 22.4. The highest BCUT2D eigenvalue weighted by atomic mass is 79.9. The molecule has 1 aliphatic carbocycles. The van der Waals surface area contributed by atoms with E-state index in [4.69, 9.17) is 0 Å². The van der Waals surface area contributed by atoms with Crippen LogP contribution in [0.2, 0.25) is 0 Å². The maximum Gasteiger partial charge on any atom is 0.0553 e. The Morgan fingerprint density at radius 2 is 1.75 bits per heavy atom. The van der Waals surface area contributed by atoms with E-state index in [1.54, 1.807) is 0 Å². The van der Waals surface area contributed by atoms with Gasteiger partial charge in [0.15, 0.2) is 0 Å². The molecule has 0 radical (unpaired) electrons. The van der Waals surface area contributed by atoms with E-state index in [9.17, 15) is 0 Å². The first-order valence-corrected chi connectivity index (χ1v) is 9.31. The number of hydrogen-bond acceptors (Lipinski definition) is 1. The average Bonchev–Trinajstić information content (AvgIpc) is 3.11. The van der Waals surface area contributed by atoms with Crippen LogP contribution in [-0.4, -0.2) is 0 Å². The van der Waals surface area contributed by atoms with E-state index >= 15 is 0 Å². The fraction of sp³-hybridized carbons (Fsp3) is 0.182. The van der Waals surface area contributed by atoms with Crippen molar-refractivity contribution in [2.24, 2.45) is 5.92 Å². The lowest BCUT2D eigenvalue weighted by atomic mass is 9.75. The Morgan fingerprint density at radius 3 is 2.62 bits per heavy atom. The number of fused-ring (bicyclic) bond motifs is 5. The zero-order valence-electron chi connectivity index (χ0n) is 13.2. The zero-order valence-corrected chi connectivity index (χ0v) is 14.8. The second kappa shape index (κ2) is 5.49. The van der Waals surface area contributed by atoms with Crippen LogP contribution in [0, 0.1) is 5.92 Å². The van der Waals surface area contributed by atoms with Crippen molar-refractivity contribution in [3.63, 3.8) is 0 Å². The van der Waals surface area contributed by atoms with E-state index in [0.717, 1.165) is 10.9 Å². The molecule has 0 saturated carbocycles. The Kier molecular flexibility index (Phi) is 3.27. The van der Waals surface area contributed by atoms with Crippen molar-refractivity contribution in [3.05, 3.63) is 88.4 Å². The highest BCUT2D eigenvalue weighted by Gasteiger charge is 2.38. The minimum atomic E-state index is 0.367. The second-order valence-corrected chi connectivity index (χ2v) is 7.69. The maximum absolute atomic E-state index is 3.84. The molecule has 1 aliphatic heterocycles. The molecule has 1 nitrogen and oxygen atoms in total. The third-order valence-corrected chi connectivity index (χ3v) is 6.01. The molecule has 2 aliphatic rings. The van der Waals surface area contributed by atoms with Gasteiger partial charge in [-0.05, 0) is 52.4 Å². The fourth-order valence-electron chi connectivity index (χ4n) is 4.38. The molecule has 5 rings (SSSR count). The summed E-state index contributed by atoms with van der Waals surface area (Å²) in [4.78, 5) is 0. The molecular weight excluding hydrogens is 358 g/mol. The van der Waals surface area contributed by atoms with Crippen LogP contribution in [0.3, 0.4) is 0 Å². The Balaban J connectivity index is 1.67. The molecule has 3 aromatic rings. The fourth-order valence-corrected chi connectivity index (χ4v) is 4.65. The third-order valence-electron chi connectivity index (χ3n) is 5.49. The van der Waals surface area contributed by atoms with Gasteiger partial charge in [0.05, 0.1) is 6.04 Å². The summed E-state index contributed by atoms with van der Waals surface area (Å²) in [5.41, 5.74) is 4.13. The predicted molar refractivity (Wildman–Crippen MR) is 104 cm³/mol. The van der Waals surface area contributed by atoms with Crippen LogP contribution < -0.4 is 5.32 Å². The molecular formula is C22H18BrN. The van der Waals surface area contributed by atoms with Crippen molar-refractivity contribution >= 4 is 32.4 Å². The van der Waals surface area contributed by atoms with Crippen LogP contribution in [0.25, 0.3) is 10.8 Å². The number of hydrogen-bond donors (Lipinski definition) is 1. The van der Waals surface area contributed by atoms with Gasteiger partial charge in [-0.25, -0.2) is 0 Å². The lowest BCUT2D eigenvalue weighted by molar-refractivity contribution is 0.427. The van der Waals surface area contributed by atoms with Crippen molar-refractivity contribution in [1.82, 2.24) is 0 Å². The highest BCUT2D eigenvalue weighted by Crippen LogP contribution is 2.51. The number of rotatable bonds is 1. The van der Waals surface area contributed by atoms with Crippen LogP contribution in [0.5, 0.6) is 0 Å². The summed E-state index contributed by atoms with van der Waals surface area (Å²) < 4.78 is 1.13. The molecule has 0 spiro atoms. The number of allylic oxidation sites excluding steroid dienone is 2. The molecule has 1 heterocycles. The first kappa shape index (κ1) is 14.3. The van der Waals surface area contributed by atoms with Gasteiger partial charge in [-0.15, -0.1) is 0 Å². The molecule has 0 bridgehead atoms. The lowest BCUT2D eigenvalue weighted by Crippen LogP contribution is -2.29. The van der Waals surface area contributed by atoms with E-state index < -0.39 is 0 Å². The van der Waals surface area contributed by atoms with E-state index in [2.05, 4.69) is 94.1 Å². The Bertz CT molecular complexity index is 942. The van der Waals surface area contributed by atoms with Gasteiger partial charge in [0, 0.05) is 16.1 Å². The molecule has 3 atom stereocenters. The highest BCUT2D eigenvalue weighted by molar-refractivity contribution is 9.10. The topological polar surface area (TPSA) is 12.0 Å². The molecule has 0 aromatic heterocycles. The van der Waals surface area contributed by atoms with Crippen LogP contribution in [-0.2, 0) is 0 Å². The van der Waals surface area contributed by atoms with Crippen molar-refractivity contribution in [2.75, 3.05) is 5.32 Å². The van der Waals surface area contributed by atoms with Gasteiger partial charge in [0.2, 0.25) is 0 Å². The number of halogens is 1. The summed E-state index contributed by atoms with van der Waals surface area (Å²) in [5.74, 6) is 1.09. The Hall–Kier alpha value is -2.06. The van der Waals surface area contributed by atoms with Gasteiger partial charge >= 0.3 is 0 Å². The molecule has 2 heteroatoms. The molecule has 0 amide bonds. The first-order chi connectivity index (χ1) is 11.8. The third kappa shape index (κ3) is 2.13. The van der Waals surface area contributed by atoms with Gasteiger partial charge in [-0.3, -0.25) is 0 Å². The molecule has 118 valence electrons. The minimum absolute atomic E-state index is 0.367. The van der Waals surface area contributed by atoms with Gasteiger partial charge in [-0.1, -0.05) is 70.5 Å². The van der Waals surface area contributed by atoms with Gasteiger partial charge in [-0.2, -0.15) is 0 Å². The van der Waals surface area contributed by atoms with Crippen molar-refractivity contribution < 1.29 is 0 Å².